The predicted molar refractivity (Wildman–Crippen MR) is 68.6 cm³/mol. The van der Waals surface area contributed by atoms with Crippen LogP contribution in [0.2, 0.25) is 0 Å². The van der Waals surface area contributed by atoms with Gasteiger partial charge in [0.15, 0.2) is 0 Å². The summed E-state index contributed by atoms with van der Waals surface area (Å²) in [4.78, 5) is 1.63. The van der Waals surface area contributed by atoms with Gasteiger partial charge in [-0.1, -0.05) is 0 Å². The average molecular weight is 282 g/mol. The molecule has 0 aliphatic heterocycles. The molecule has 0 aliphatic carbocycles. The second kappa shape index (κ2) is 10.5. The fourth-order valence-corrected chi connectivity index (χ4v) is 1.54. The molecule has 7 N–H and O–H groups in total. The van der Waals surface area contributed by atoms with Crippen LogP contribution >= 0.6 is 0 Å². The van der Waals surface area contributed by atoms with Gasteiger partial charge in [0, 0.05) is 26.2 Å². The monoisotopic (exact) mass is 282 g/mol. The van der Waals surface area contributed by atoms with Crippen molar-refractivity contribution in [2.75, 3.05) is 46.4 Å². The SMILES string of the molecule is CNCCN(C[C@H](O)[C@H](O)CO)C[C@H](O)[C@H](O)CO. The third kappa shape index (κ3) is 7.75. The van der Waals surface area contributed by atoms with E-state index in [1.165, 1.54) is 0 Å². The van der Waals surface area contributed by atoms with Crippen LogP contribution in [-0.2, 0) is 0 Å². The highest BCUT2D eigenvalue weighted by Crippen LogP contribution is 2.02. The van der Waals surface area contributed by atoms with Gasteiger partial charge in [-0.2, -0.15) is 0 Å². The number of aliphatic hydroxyl groups excluding tert-OH is 6. The van der Waals surface area contributed by atoms with Crippen molar-refractivity contribution in [3.05, 3.63) is 0 Å². The topological polar surface area (TPSA) is 137 Å². The minimum Gasteiger partial charge on any atom is -0.394 e. The van der Waals surface area contributed by atoms with Gasteiger partial charge in [0.1, 0.15) is 12.2 Å². The van der Waals surface area contributed by atoms with Crippen LogP contribution in [0.5, 0.6) is 0 Å². The Balaban J connectivity index is 4.36. The van der Waals surface area contributed by atoms with Gasteiger partial charge in [0.2, 0.25) is 0 Å². The van der Waals surface area contributed by atoms with Gasteiger partial charge < -0.3 is 36.0 Å². The smallest absolute Gasteiger partial charge is 0.104 e. The Morgan fingerprint density at radius 2 is 1.26 bits per heavy atom. The van der Waals surface area contributed by atoms with Crippen LogP contribution in [0.4, 0.5) is 0 Å². The lowest BCUT2D eigenvalue weighted by Crippen LogP contribution is -2.48. The van der Waals surface area contributed by atoms with Gasteiger partial charge in [-0.25, -0.2) is 0 Å². The lowest BCUT2D eigenvalue weighted by atomic mass is 10.1. The van der Waals surface area contributed by atoms with Crippen molar-refractivity contribution >= 4 is 0 Å². The van der Waals surface area contributed by atoms with E-state index in [4.69, 9.17) is 10.2 Å². The zero-order valence-corrected chi connectivity index (χ0v) is 11.2. The van der Waals surface area contributed by atoms with Crippen molar-refractivity contribution in [1.29, 1.82) is 0 Å². The Kier molecular flexibility index (Phi) is 10.3. The van der Waals surface area contributed by atoms with Gasteiger partial charge in [0.05, 0.1) is 25.4 Å². The predicted octanol–water partition coefficient (Wildman–Crippen LogP) is -4.06. The summed E-state index contributed by atoms with van der Waals surface area (Å²) in [7, 11) is 1.75. The summed E-state index contributed by atoms with van der Waals surface area (Å²) in [5, 5.41) is 58.2. The van der Waals surface area contributed by atoms with Gasteiger partial charge in [-0.05, 0) is 7.05 Å². The maximum atomic E-state index is 9.63. The van der Waals surface area contributed by atoms with Crippen LogP contribution < -0.4 is 5.32 Å². The summed E-state index contributed by atoms with van der Waals surface area (Å²) in [6, 6.07) is 0. The molecule has 0 heterocycles. The zero-order valence-electron chi connectivity index (χ0n) is 11.2. The zero-order chi connectivity index (χ0) is 14.8. The molecule has 0 radical (unpaired) electrons. The molecule has 19 heavy (non-hydrogen) atoms. The number of hydrogen-bond acceptors (Lipinski definition) is 8. The first-order valence-corrected chi connectivity index (χ1v) is 6.27. The highest BCUT2D eigenvalue weighted by Gasteiger charge is 2.23. The third-order valence-electron chi connectivity index (χ3n) is 2.83. The van der Waals surface area contributed by atoms with E-state index in [0.29, 0.717) is 13.1 Å². The number of nitrogens with one attached hydrogen (secondary N) is 1. The van der Waals surface area contributed by atoms with E-state index >= 15 is 0 Å². The number of rotatable bonds is 11. The van der Waals surface area contributed by atoms with Gasteiger partial charge in [-0.3, -0.25) is 4.90 Å². The molecular weight excluding hydrogens is 256 g/mol. The maximum absolute atomic E-state index is 9.63. The maximum Gasteiger partial charge on any atom is 0.104 e. The summed E-state index contributed by atoms with van der Waals surface area (Å²) >= 11 is 0. The summed E-state index contributed by atoms with van der Waals surface area (Å²) in [5.41, 5.74) is 0. The molecule has 0 aromatic carbocycles. The minimum absolute atomic E-state index is 0.0403. The molecule has 0 aliphatic rings. The van der Waals surface area contributed by atoms with Crippen LogP contribution in [0.25, 0.3) is 0 Å². The lowest BCUT2D eigenvalue weighted by molar-refractivity contribution is -0.0533. The minimum atomic E-state index is -1.25. The molecule has 0 amide bonds. The van der Waals surface area contributed by atoms with Gasteiger partial charge in [-0.15, -0.1) is 0 Å². The summed E-state index contributed by atoms with van der Waals surface area (Å²) < 4.78 is 0. The van der Waals surface area contributed by atoms with E-state index in [1.54, 1.807) is 11.9 Å². The average Bonchev–Trinajstić information content (AvgIpc) is 2.42. The Morgan fingerprint density at radius 1 is 0.842 bits per heavy atom. The molecule has 0 spiro atoms. The Labute approximate surface area is 112 Å². The number of hydrogen-bond donors (Lipinski definition) is 7. The second-order valence-electron chi connectivity index (χ2n) is 4.50. The number of likely N-dealkylation sites (N-methyl/N-ethyl adjacent to an activating group) is 1. The van der Waals surface area contributed by atoms with Crippen molar-refractivity contribution in [3.8, 4) is 0 Å². The Hall–Kier alpha value is -0.320. The van der Waals surface area contributed by atoms with Crippen molar-refractivity contribution < 1.29 is 30.6 Å². The van der Waals surface area contributed by atoms with Crippen LogP contribution in [0.1, 0.15) is 0 Å². The number of nitrogens with zero attached hydrogens (tertiary/aromatic N) is 1. The first kappa shape index (κ1) is 18.7. The fraction of sp³-hybridized carbons (Fsp3) is 1.00. The normalized spacial score (nSPS) is 18.3. The first-order valence-electron chi connectivity index (χ1n) is 6.27. The van der Waals surface area contributed by atoms with Gasteiger partial charge >= 0.3 is 0 Å². The standard InChI is InChI=1S/C11H26N2O6/c1-12-2-3-13(4-8(16)10(18)6-14)5-9(17)11(19)7-15/h8-12,14-19H,2-7H2,1H3/t8-,9-,10+,11+/m0/s1. The molecule has 0 bridgehead atoms. The lowest BCUT2D eigenvalue weighted by Gasteiger charge is -2.29. The molecule has 0 saturated carbocycles. The van der Waals surface area contributed by atoms with E-state index in [-0.39, 0.29) is 13.1 Å². The molecule has 0 unspecified atom stereocenters. The second-order valence-corrected chi connectivity index (χ2v) is 4.50. The fourth-order valence-electron chi connectivity index (χ4n) is 1.54. The van der Waals surface area contributed by atoms with Crippen molar-refractivity contribution in [2.45, 2.75) is 24.4 Å². The molecule has 8 heteroatoms. The van der Waals surface area contributed by atoms with Crippen LogP contribution in [0, 0.1) is 0 Å². The molecule has 8 nitrogen and oxygen atoms in total. The first-order chi connectivity index (χ1) is 8.96. The van der Waals surface area contributed by atoms with Crippen molar-refractivity contribution in [3.63, 3.8) is 0 Å². The summed E-state index contributed by atoms with van der Waals surface area (Å²) in [5.74, 6) is 0. The molecule has 4 atom stereocenters. The van der Waals surface area contributed by atoms with E-state index in [9.17, 15) is 20.4 Å². The molecular formula is C11H26N2O6. The Morgan fingerprint density at radius 3 is 1.58 bits per heavy atom. The molecule has 0 aromatic rings. The highest BCUT2D eigenvalue weighted by molar-refractivity contribution is 4.76. The van der Waals surface area contributed by atoms with E-state index in [0.717, 1.165) is 0 Å². The van der Waals surface area contributed by atoms with Crippen molar-refractivity contribution in [1.82, 2.24) is 10.2 Å². The van der Waals surface area contributed by atoms with E-state index < -0.39 is 37.6 Å². The molecule has 0 aromatic heterocycles. The summed E-state index contributed by atoms with van der Waals surface area (Å²) in [6.45, 7) is 0.0355. The van der Waals surface area contributed by atoms with Crippen LogP contribution in [0.3, 0.4) is 0 Å². The van der Waals surface area contributed by atoms with Crippen molar-refractivity contribution in [2.24, 2.45) is 0 Å². The van der Waals surface area contributed by atoms with Crippen LogP contribution in [-0.4, -0.2) is 106 Å². The molecule has 0 saturated heterocycles. The quantitative estimate of drug-likeness (QED) is 0.203. The summed E-state index contributed by atoms with van der Waals surface area (Å²) in [6.07, 6.45) is -4.81. The highest BCUT2D eigenvalue weighted by atomic mass is 16.4. The number of aliphatic hydroxyl groups is 6. The molecule has 0 fully saturated rings. The van der Waals surface area contributed by atoms with Gasteiger partial charge in [0.25, 0.3) is 0 Å². The Bertz CT molecular complexity index is 203. The van der Waals surface area contributed by atoms with E-state index in [2.05, 4.69) is 5.32 Å². The van der Waals surface area contributed by atoms with Crippen LogP contribution in [0.15, 0.2) is 0 Å². The third-order valence-corrected chi connectivity index (χ3v) is 2.83. The largest absolute Gasteiger partial charge is 0.394 e. The molecule has 0 rings (SSSR count). The molecule has 116 valence electrons. The van der Waals surface area contributed by atoms with E-state index in [1.807, 2.05) is 0 Å².